The van der Waals surface area contributed by atoms with Gasteiger partial charge in [0.2, 0.25) is 0 Å². The van der Waals surface area contributed by atoms with Gasteiger partial charge in [-0.25, -0.2) is 0 Å². The lowest BCUT2D eigenvalue weighted by Gasteiger charge is -2.32. The van der Waals surface area contributed by atoms with Crippen molar-refractivity contribution in [3.63, 3.8) is 0 Å². The van der Waals surface area contributed by atoms with E-state index >= 15 is 0 Å². The van der Waals surface area contributed by atoms with E-state index in [1.54, 1.807) is 11.8 Å². The molecule has 1 aliphatic carbocycles. The third-order valence-electron chi connectivity index (χ3n) is 2.98. The third kappa shape index (κ3) is 2.16. The number of benzene rings is 1. The summed E-state index contributed by atoms with van der Waals surface area (Å²) >= 11 is 1.60. The molecule has 1 saturated carbocycles. The highest BCUT2D eigenvalue weighted by atomic mass is 32.2. The molecule has 0 radical (unpaired) electrons. The molecule has 3 nitrogen and oxygen atoms in total. The first-order chi connectivity index (χ1) is 7.58. The summed E-state index contributed by atoms with van der Waals surface area (Å²) in [5.74, 6) is -0.889. The van der Waals surface area contributed by atoms with Crippen LogP contribution in [0.25, 0.3) is 0 Å². The van der Waals surface area contributed by atoms with Crippen LogP contribution >= 0.6 is 11.8 Å². The van der Waals surface area contributed by atoms with Crippen molar-refractivity contribution in [2.24, 2.45) is 5.92 Å². The van der Waals surface area contributed by atoms with Crippen molar-refractivity contribution in [2.45, 2.75) is 29.9 Å². The van der Waals surface area contributed by atoms with Crippen LogP contribution in [0.2, 0.25) is 0 Å². The second kappa shape index (κ2) is 4.37. The Bertz CT molecular complexity index is 419. The molecule has 0 bridgehead atoms. The van der Waals surface area contributed by atoms with Crippen molar-refractivity contribution in [1.29, 1.82) is 0 Å². The molecule has 3 N–H and O–H groups in total. The highest BCUT2D eigenvalue weighted by Crippen LogP contribution is 2.43. The average molecular weight is 237 g/mol. The maximum absolute atomic E-state index is 10.9. The molecule has 0 amide bonds. The molecule has 1 aromatic rings. The van der Waals surface area contributed by atoms with E-state index in [2.05, 4.69) is 0 Å². The van der Waals surface area contributed by atoms with Gasteiger partial charge in [0.15, 0.2) is 0 Å². The number of hydrogen-bond donors (Lipinski definition) is 2. The van der Waals surface area contributed by atoms with Gasteiger partial charge in [0.1, 0.15) is 0 Å². The molecule has 16 heavy (non-hydrogen) atoms. The zero-order valence-electron chi connectivity index (χ0n) is 9.14. The first-order valence-electron chi connectivity index (χ1n) is 5.33. The molecule has 1 aliphatic rings. The minimum atomic E-state index is -0.685. The smallest absolute Gasteiger partial charge is 0.307 e. The third-order valence-corrected chi connectivity index (χ3v) is 4.45. The number of carbonyl (C=O) groups is 1. The average Bonchev–Trinajstić information content (AvgIpc) is 2.16. The summed E-state index contributed by atoms with van der Waals surface area (Å²) in [7, 11) is 0. The lowest BCUT2D eigenvalue weighted by Crippen LogP contribution is -2.35. The first-order valence-corrected chi connectivity index (χ1v) is 6.21. The molecular weight excluding hydrogens is 222 g/mol. The Morgan fingerprint density at radius 3 is 2.81 bits per heavy atom. The highest BCUT2D eigenvalue weighted by Gasteiger charge is 2.37. The van der Waals surface area contributed by atoms with Crippen molar-refractivity contribution in [2.75, 3.05) is 5.73 Å². The Morgan fingerprint density at radius 2 is 2.25 bits per heavy atom. The molecule has 0 aliphatic heterocycles. The number of aryl methyl sites for hydroxylation is 1. The molecule has 2 rings (SSSR count). The molecule has 0 saturated heterocycles. The Balaban J connectivity index is 2.09. The Morgan fingerprint density at radius 1 is 1.50 bits per heavy atom. The summed E-state index contributed by atoms with van der Waals surface area (Å²) in [4.78, 5) is 11.9. The molecule has 1 fully saturated rings. The lowest BCUT2D eigenvalue weighted by molar-refractivity contribution is -0.144. The fourth-order valence-corrected chi connectivity index (χ4v) is 3.25. The van der Waals surface area contributed by atoms with Gasteiger partial charge in [0.05, 0.1) is 5.92 Å². The van der Waals surface area contributed by atoms with Crippen molar-refractivity contribution >= 4 is 23.4 Å². The quantitative estimate of drug-likeness (QED) is 0.793. The number of anilines is 1. The van der Waals surface area contributed by atoms with Crippen LogP contribution in [0.15, 0.2) is 23.1 Å². The van der Waals surface area contributed by atoms with Crippen molar-refractivity contribution < 1.29 is 9.90 Å². The Labute approximate surface area is 99.0 Å². The minimum absolute atomic E-state index is 0.182. The maximum Gasteiger partial charge on any atom is 0.307 e. The first kappa shape index (κ1) is 11.3. The van der Waals surface area contributed by atoms with E-state index in [0.717, 1.165) is 29.0 Å². The summed E-state index contributed by atoms with van der Waals surface area (Å²) in [5, 5.41) is 9.14. The largest absolute Gasteiger partial charge is 0.481 e. The van der Waals surface area contributed by atoms with Gasteiger partial charge >= 0.3 is 5.97 Å². The SMILES string of the molecule is Cc1ccc(N)c(SC2CCC2C(=O)O)c1. The Kier molecular flexibility index (Phi) is 3.10. The van der Waals surface area contributed by atoms with Crippen LogP contribution in [0, 0.1) is 12.8 Å². The van der Waals surface area contributed by atoms with Gasteiger partial charge in [-0.05, 0) is 37.5 Å². The second-order valence-electron chi connectivity index (χ2n) is 4.22. The van der Waals surface area contributed by atoms with Gasteiger partial charge in [0.25, 0.3) is 0 Å². The number of nitrogens with two attached hydrogens (primary N) is 1. The van der Waals surface area contributed by atoms with Crippen LogP contribution in [-0.2, 0) is 4.79 Å². The van der Waals surface area contributed by atoms with Crippen LogP contribution in [0.1, 0.15) is 18.4 Å². The van der Waals surface area contributed by atoms with E-state index in [0.29, 0.717) is 0 Å². The molecule has 2 unspecified atom stereocenters. The summed E-state index contributed by atoms with van der Waals surface area (Å²) < 4.78 is 0. The zero-order chi connectivity index (χ0) is 11.7. The van der Waals surface area contributed by atoms with Crippen molar-refractivity contribution in [1.82, 2.24) is 0 Å². The molecule has 0 heterocycles. The van der Waals surface area contributed by atoms with Gasteiger partial charge in [-0.15, -0.1) is 11.8 Å². The number of carboxylic acids is 1. The fourth-order valence-electron chi connectivity index (χ4n) is 1.80. The predicted octanol–water partition coefficient (Wildman–Crippen LogP) is 2.53. The number of thioether (sulfide) groups is 1. The zero-order valence-corrected chi connectivity index (χ0v) is 9.96. The molecule has 0 aromatic heterocycles. The monoisotopic (exact) mass is 237 g/mol. The molecule has 2 atom stereocenters. The van der Waals surface area contributed by atoms with Crippen LogP contribution in [0.5, 0.6) is 0 Å². The van der Waals surface area contributed by atoms with E-state index in [9.17, 15) is 4.79 Å². The van der Waals surface area contributed by atoms with Crippen molar-refractivity contribution in [3.05, 3.63) is 23.8 Å². The topological polar surface area (TPSA) is 63.3 Å². The number of nitrogen functional groups attached to an aromatic ring is 1. The molecule has 1 aromatic carbocycles. The number of carboxylic acid groups (broad SMARTS) is 1. The molecular formula is C12H15NO2S. The number of hydrogen-bond acceptors (Lipinski definition) is 3. The van der Waals surface area contributed by atoms with Crippen molar-refractivity contribution in [3.8, 4) is 0 Å². The minimum Gasteiger partial charge on any atom is -0.481 e. The number of rotatable bonds is 3. The Hall–Kier alpha value is -1.16. The van der Waals surface area contributed by atoms with Gasteiger partial charge < -0.3 is 10.8 Å². The highest BCUT2D eigenvalue weighted by molar-refractivity contribution is 8.00. The van der Waals surface area contributed by atoms with Crippen LogP contribution < -0.4 is 5.73 Å². The summed E-state index contributed by atoms with van der Waals surface area (Å²) in [5.41, 5.74) is 7.77. The van der Waals surface area contributed by atoms with Gasteiger partial charge in [-0.1, -0.05) is 6.07 Å². The van der Waals surface area contributed by atoms with E-state index in [-0.39, 0.29) is 11.2 Å². The van der Waals surface area contributed by atoms with Crippen LogP contribution in [0.4, 0.5) is 5.69 Å². The number of aliphatic carboxylic acids is 1. The van der Waals surface area contributed by atoms with E-state index < -0.39 is 5.97 Å². The summed E-state index contributed by atoms with van der Waals surface area (Å²) in [6, 6.07) is 5.87. The lowest BCUT2D eigenvalue weighted by atomic mass is 9.85. The standard InChI is InChI=1S/C12H15NO2S/c1-7-2-4-9(13)11(6-7)16-10-5-3-8(10)12(14)15/h2,4,6,8,10H,3,5,13H2,1H3,(H,14,15). The molecule has 4 heteroatoms. The summed E-state index contributed by atoms with van der Waals surface area (Å²) in [6.45, 7) is 2.01. The molecule has 0 spiro atoms. The normalized spacial score (nSPS) is 23.8. The van der Waals surface area contributed by atoms with E-state index in [4.69, 9.17) is 10.8 Å². The van der Waals surface area contributed by atoms with E-state index in [1.165, 1.54) is 0 Å². The van der Waals surface area contributed by atoms with Crippen LogP contribution in [-0.4, -0.2) is 16.3 Å². The maximum atomic E-state index is 10.9. The molecule has 86 valence electrons. The van der Waals surface area contributed by atoms with E-state index in [1.807, 2.05) is 25.1 Å². The predicted molar refractivity (Wildman–Crippen MR) is 65.6 cm³/mol. The second-order valence-corrected chi connectivity index (χ2v) is 5.50. The fraction of sp³-hybridized carbons (Fsp3) is 0.417. The van der Waals surface area contributed by atoms with Gasteiger partial charge in [-0.2, -0.15) is 0 Å². The van der Waals surface area contributed by atoms with Gasteiger partial charge in [-0.3, -0.25) is 4.79 Å². The summed E-state index contributed by atoms with van der Waals surface area (Å²) in [6.07, 6.45) is 1.76. The van der Waals surface area contributed by atoms with Gasteiger partial charge in [0, 0.05) is 15.8 Å². The van der Waals surface area contributed by atoms with Crippen LogP contribution in [0.3, 0.4) is 0 Å².